The number of pyridine rings is 2. The van der Waals surface area contributed by atoms with Gasteiger partial charge in [-0.3, -0.25) is 0 Å². The van der Waals surface area contributed by atoms with E-state index in [1.54, 1.807) is 6.20 Å². The molecule has 3 fully saturated rings. The first-order valence-electron chi connectivity index (χ1n) is 13.6. The number of anilines is 2. The fourth-order valence-corrected chi connectivity index (χ4v) is 5.59. The molecular formula is C28H37ClN6O3. The van der Waals surface area contributed by atoms with Crippen LogP contribution in [0, 0.1) is 16.7 Å². The molecule has 0 unspecified atom stereocenters. The zero-order valence-corrected chi connectivity index (χ0v) is 22.7. The van der Waals surface area contributed by atoms with Crippen molar-refractivity contribution in [1.29, 1.82) is 5.26 Å². The van der Waals surface area contributed by atoms with Crippen LogP contribution in [0.25, 0.3) is 11.3 Å². The van der Waals surface area contributed by atoms with Gasteiger partial charge in [0.1, 0.15) is 11.6 Å². The molecule has 2 aromatic heterocycles. The first kappa shape index (κ1) is 27.1. The second-order valence-electron chi connectivity index (χ2n) is 10.7. The molecule has 3 aliphatic rings. The molecule has 0 atom stereocenters. The van der Waals surface area contributed by atoms with E-state index in [1.165, 1.54) is 0 Å². The van der Waals surface area contributed by atoms with Crippen molar-refractivity contribution in [2.24, 2.45) is 5.41 Å². The average Bonchev–Trinajstić information content (AvgIpc) is 3.40. The highest BCUT2D eigenvalue weighted by molar-refractivity contribution is 6.33. The van der Waals surface area contributed by atoms with E-state index in [4.69, 9.17) is 30.8 Å². The van der Waals surface area contributed by atoms with E-state index in [-0.39, 0.29) is 0 Å². The topological polar surface area (TPSA) is 113 Å². The van der Waals surface area contributed by atoms with Gasteiger partial charge < -0.3 is 30.2 Å². The van der Waals surface area contributed by atoms with Gasteiger partial charge in [-0.15, -0.1) is 0 Å². The zero-order chi connectivity index (χ0) is 26.4. The van der Waals surface area contributed by atoms with Crippen molar-refractivity contribution >= 4 is 23.2 Å². The number of ether oxygens (including phenoxy) is 3. The van der Waals surface area contributed by atoms with Crippen LogP contribution in [0.3, 0.4) is 0 Å². The van der Waals surface area contributed by atoms with Crippen molar-refractivity contribution in [3.05, 3.63) is 35.5 Å². The van der Waals surface area contributed by atoms with Gasteiger partial charge >= 0.3 is 0 Å². The monoisotopic (exact) mass is 540 g/mol. The third-order valence-electron chi connectivity index (χ3n) is 7.86. The van der Waals surface area contributed by atoms with Gasteiger partial charge in [0.2, 0.25) is 0 Å². The van der Waals surface area contributed by atoms with Gasteiger partial charge in [-0.05, 0) is 63.6 Å². The van der Waals surface area contributed by atoms with Crippen molar-refractivity contribution in [2.75, 3.05) is 50.2 Å². The van der Waals surface area contributed by atoms with E-state index in [1.807, 2.05) is 31.2 Å². The number of aromatic nitrogens is 2. The van der Waals surface area contributed by atoms with E-state index in [0.29, 0.717) is 56.6 Å². The van der Waals surface area contributed by atoms with Crippen molar-refractivity contribution in [3.8, 4) is 17.3 Å². The lowest BCUT2D eigenvalue weighted by molar-refractivity contribution is -0.139. The maximum absolute atomic E-state index is 9.74. The number of nitriles is 1. The quantitative estimate of drug-likeness (QED) is 0.419. The summed E-state index contributed by atoms with van der Waals surface area (Å²) in [6.45, 7) is 5.82. The number of hydrogen-bond donors (Lipinski definition) is 3. The Morgan fingerprint density at radius 3 is 2.50 bits per heavy atom. The zero-order valence-electron chi connectivity index (χ0n) is 22.0. The SMILES string of the molecule is CC1(CNC2CCC(Nc3cc(-c4cccc(NCC5(C#N)CCOCC5)n4)c(Cl)cn3)CC2)OCCO1. The highest BCUT2D eigenvalue weighted by Crippen LogP contribution is 2.32. The Morgan fingerprint density at radius 1 is 1.03 bits per heavy atom. The first-order valence-corrected chi connectivity index (χ1v) is 14.0. The summed E-state index contributed by atoms with van der Waals surface area (Å²) in [6.07, 6.45) is 7.41. The molecule has 2 aliphatic heterocycles. The number of nitrogens with one attached hydrogen (secondary N) is 3. The fraction of sp³-hybridized carbons (Fsp3) is 0.607. The molecule has 3 N–H and O–H groups in total. The molecule has 5 rings (SSSR count). The standard InChI is InChI=1S/C28H37ClN6O3/c1-27(37-13-14-38-27)18-32-20-5-7-21(8-6-20)34-26-15-22(23(29)16-31-26)24-3-2-4-25(35-24)33-19-28(17-30)9-11-36-12-10-28/h2-4,15-16,20-21,32H,5-14,18-19H2,1H3,(H,31,34)(H,33,35). The summed E-state index contributed by atoms with van der Waals surface area (Å²) in [4.78, 5) is 9.32. The molecule has 1 saturated carbocycles. The normalized spacial score (nSPS) is 24.4. The maximum Gasteiger partial charge on any atom is 0.178 e. The van der Waals surface area contributed by atoms with Crippen LogP contribution in [0.1, 0.15) is 45.4 Å². The highest BCUT2D eigenvalue weighted by atomic mass is 35.5. The Labute approximate surface area is 229 Å². The molecule has 0 aromatic carbocycles. The molecule has 38 heavy (non-hydrogen) atoms. The van der Waals surface area contributed by atoms with Crippen molar-refractivity contribution in [1.82, 2.24) is 15.3 Å². The minimum absolute atomic E-state index is 0.353. The summed E-state index contributed by atoms with van der Waals surface area (Å²) in [5, 5.41) is 20.9. The predicted molar refractivity (Wildman–Crippen MR) is 147 cm³/mol. The van der Waals surface area contributed by atoms with E-state index in [0.717, 1.165) is 61.4 Å². The molecule has 0 amide bonds. The maximum atomic E-state index is 9.74. The Balaban J connectivity index is 1.17. The minimum atomic E-state index is -0.498. The number of halogens is 1. The molecule has 4 heterocycles. The van der Waals surface area contributed by atoms with E-state index in [2.05, 4.69) is 27.0 Å². The lowest BCUT2D eigenvalue weighted by Crippen LogP contribution is -2.45. The molecule has 10 heteroatoms. The Hall–Kier alpha value is -2.48. The lowest BCUT2D eigenvalue weighted by atomic mass is 9.82. The molecule has 204 valence electrons. The Bertz CT molecular complexity index is 1120. The van der Waals surface area contributed by atoms with Crippen LogP contribution in [0.15, 0.2) is 30.5 Å². The molecule has 2 saturated heterocycles. The second-order valence-corrected chi connectivity index (χ2v) is 11.1. The molecule has 2 aromatic rings. The molecular weight excluding hydrogens is 504 g/mol. The van der Waals surface area contributed by atoms with E-state index < -0.39 is 11.2 Å². The summed E-state index contributed by atoms with van der Waals surface area (Å²) in [6, 6.07) is 11.1. The molecule has 0 bridgehead atoms. The van der Waals surface area contributed by atoms with Gasteiger partial charge in [0.25, 0.3) is 0 Å². The smallest absolute Gasteiger partial charge is 0.178 e. The van der Waals surface area contributed by atoms with Gasteiger partial charge in [-0.25, -0.2) is 9.97 Å². The van der Waals surface area contributed by atoms with E-state index >= 15 is 0 Å². The van der Waals surface area contributed by atoms with Crippen molar-refractivity contribution in [2.45, 2.75) is 63.3 Å². The summed E-state index contributed by atoms with van der Waals surface area (Å²) in [7, 11) is 0. The van der Waals surface area contributed by atoms with Gasteiger partial charge in [-0.1, -0.05) is 17.7 Å². The Kier molecular flexibility index (Phi) is 8.66. The second kappa shape index (κ2) is 12.1. The van der Waals surface area contributed by atoms with Crippen LogP contribution in [0.4, 0.5) is 11.6 Å². The van der Waals surface area contributed by atoms with Crippen LogP contribution in [0.5, 0.6) is 0 Å². The number of nitrogens with zero attached hydrogens (tertiary/aromatic N) is 3. The van der Waals surface area contributed by atoms with E-state index in [9.17, 15) is 5.26 Å². The van der Waals surface area contributed by atoms with Crippen LogP contribution in [-0.4, -0.2) is 67.4 Å². The first-order chi connectivity index (χ1) is 18.5. The Morgan fingerprint density at radius 2 is 1.76 bits per heavy atom. The van der Waals surface area contributed by atoms with Crippen LogP contribution in [0.2, 0.25) is 5.02 Å². The molecule has 0 radical (unpaired) electrons. The fourth-order valence-electron chi connectivity index (χ4n) is 5.39. The van der Waals surface area contributed by atoms with Crippen LogP contribution < -0.4 is 16.0 Å². The summed E-state index contributed by atoms with van der Waals surface area (Å²) in [5.41, 5.74) is 1.17. The number of hydrogen-bond acceptors (Lipinski definition) is 9. The number of rotatable bonds is 9. The van der Waals surface area contributed by atoms with Crippen molar-refractivity contribution < 1.29 is 14.2 Å². The largest absolute Gasteiger partial charge is 0.381 e. The van der Waals surface area contributed by atoms with Gasteiger partial charge in [0.15, 0.2) is 5.79 Å². The minimum Gasteiger partial charge on any atom is -0.381 e. The molecule has 1 aliphatic carbocycles. The summed E-state index contributed by atoms with van der Waals surface area (Å²) >= 11 is 6.55. The predicted octanol–water partition coefficient (Wildman–Crippen LogP) is 4.60. The van der Waals surface area contributed by atoms with Crippen LogP contribution in [-0.2, 0) is 14.2 Å². The van der Waals surface area contributed by atoms with Gasteiger partial charge in [-0.2, -0.15) is 5.26 Å². The summed E-state index contributed by atoms with van der Waals surface area (Å²) in [5.74, 6) is 1.02. The third kappa shape index (κ3) is 6.74. The van der Waals surface area contributed by atoms with Gasteiger partial charge in [0, 0.05) is 50.1 Å². The molecule has 9 nitrogen and oxygen atoms in total. The lowest BCUT2D eigenvalue weighted by Gasteiger charge is -2.32. The van der Waals surface area contributed by atoms with Crippen LogP contribution >= 0.6 is 11.6 Å². The summed E-state index contributed by atoms with van der Waals surface area (Å²) < 4.78 is 16.8. The highest BCUT2D eigenvalue weighted by Gasteiger charge is 2.33. The average molecular weight is 541 g/mol. The van der Waals surface area contributed by atoms with Gasteiger partial charge in [0.05, 0.1) is 35.4 Å². The molecule has 0 spiro atoms. The third-order valence-corrected chi connectivity index (χ3v) is 8.17. The van der Waals surface area contributed by atoms with Crippen molar-refractivity contribution in [3.63, 3.8) is 0 Å².